The van der Waals surface area contributed by atoms with Crippen LogP contribution in [0.4, 0.5) is 32.0 Å². The van der Waals surface area contributed by atoms with Crippen molar-refractivity contribution in [2.24, 2.45) is 0 Å². The molecule has 0 atom stereocenters. The minimum Gasteiger partial charge on any atom is -0.320 e. The molecule has 29 heavy (non-hydrogen) atoms. The molecule has 0 bridgehead atoms. The Bertz CT molecular complexity index is 1050. The summed E-state index contributed by atoms with van der Waals surface area (Å²) in [6.07, 6.45) is 1.38. The first-order chi connectivity index (χ1) is 13.8. The van der Waals surface area contributed by atoms with Gasteiger partial charge in [0, 0.05) is 11.8 Å². The lowest BCUT2D eigenvalue weighted by Gasteiger charge is -2.09. The minimum atomic E-state index is -2.32. The zero-order chi connectivity index (χ0) is 21.1. The van der Waals surface area contributed by atoms with Crippen molar-refractivity contribution >= 4 is 23.4 Å². The topological polar surface area (TPSA) is 54.9 Å². The van der Waals surface area contributed by atoms with Crippen molar-refractivity contribution in [2.45, 2.75) is 5.16 Å². The van der Waals surface area contributed by atoms with Gasteiger partial charge >= 0.3 is 0 Å². The van der Waals surface area contributed by atoms with E-state index in [0.29, 0.717) is 11.3 Å². The molecule has 0 saturated carbocycles. The Morgan fingerprint density at radius 2 is 1.45 bits per heavy atom. The monoisotopic (exact) mass is 429 g/mol. The van der Waals surface area contributed by atoms with Crippen molar-refractivity contribution in [1.82, 2.24) is 9.97 Å². The zero-order valence-electron chi connectivity index (χ0n) is 14.1. The van der Waals surface area contributed by atoms with Crippen LogP contribution in [0.5, 0.6) is 0 Å². The predicted molar refractivity (Wildman–Crippen MR) is 93.0 cm³/mol. The summed E-state index contributed by atoms with van der Waals surface area (Å²) in [5, 5.41) is 1.77. The van der Waals surface area contributed by atoms with Gasteiger partial charge in [-0.25, -0.2) is 36.3 Å². The largest absolute Gasteiger partial charge is 0.320 e. The molecular formula is C18H9F6N3OS. The van der Waals surface area contributed by atoms with Crippen LogP contribution >= 0.6 is 11.8 Å². The number of amides is 1. The second-order valence-corrected chi connectivity index (χ2v) is 6.46. The van der Waals surface area contributed by atoms with Crippen molar-refractivity contribution in [2.75, 3.05) is 11.1 Å². The lowest BCUT2D eigenvalue weighted by molar-refractivity contribution is -0.113. The van der Waals surface area contributed by atoms with Crippen molar-refractivity contribution < 1.29 is 31.1 Å². The minimum absolute atomic E-state index is 0.111. The summed E-state index contributed by atoms with van der Waals surface area (Å²) < 4.78 is 79.6. The normalized spacial score (nSPS) is 10.8. The van der Waals surface area contributed by atoms with Crippen molar-refractivity contribution in [1.29, 1.82) is 0 Å². The maximum absolute atomic E-state index is 13.6. The van der Waals surface area contributed by atoms with Crippen molar-refractivity contribution in [3.8, 4) is 11.3 Å². The summed E-state index contributed by atoms with van der Waals surface area (Å²) in [7, 11) is 0. The second kappa shape index (κ2) is 8.52. The smallest absolute Gasteiger partial charge is 0.235 e. The molecule has 11 heteroatoms. The third-order valence-electron chi connectivity index (χ3n) is 3.58. The molecule has 3 aromatic rings. The van der Waals surface area contributed by atoms with Gasteiger partial charge in [0.05, 0.1) is 11.4 Å². The number of nitrogens with one attached hydrogen (secondary N) is 1. The second-order valence-electron chi connectivity index (χ2n) is 5.51. The summed E-state index contributed by atoms with van der Waals surface area (Å²) in [6.45, 7) is 0. The van der Waals surface area contributed by atoms with E-state index in [-0.39, 0.29) is 5.16 Å². The van der Waals surface area contributed by atoms with Gasteiger partial charge in [0.25, 0.3) is 0 Å². The Balaban J connectivity index is 1.71. The fourth-order valence-electron chi connectivity index (χ4n) is 2.21. The molecule has 3 rings (SSSR count). The van der Waals surface area contributed by atoms with Gasteiger partial charge in [-0.05, 0) is 30.3 Å². The molecule has 0 fully saturated rings. The van der Waals surface area contributed by atoms with Crippen LogP contribution in [-0.4, -0.2) is 21.6 Å². The zero-order valence-corrected chi connectivity index (χ0v) is 15.0. The number of hydrogen-bond donors (Lipinski definition) is 1. The Labute approximate surface area is 164 Å². The van der Waals surface area contributed by atoms with Crippen LogP contribution < -0.4 is 5.32 Å². The van der Waals surface area contributed by atoms with E-state index in [2.05, 4.69) is 9.97 Å². The SMILES string of the molecule is O=C(CSc1nccc(-c2ccc(F)cc2)n1)Nc1c(F)c(F)c(F)c(F)c1F. The first-order valence-corrected chi connectivity index (χ1v) is 8.79. The van der Waals surface area contributed by atoms with E-state index in [1.807, 2.05) is 0 Å². The number of anilines is 1. The van der Waals surface area contributed by atoms with E-state index in [0.717, 1.165) is 11.8 Å². The maximum atomic E-state index is 13.6. The molecule has 1 heterocycles. The number of rotatable bonds is 5. The van der Waals surface area contributed by atoms with E-state index in [4.69, 9.17) is 0 Å². The average molecular weight is 429 g/mol. The third-order valence-corrected chi connectivity index (χ3v) is 4.44. The average Bonchev–Trinajstić information content (AvgIpc) is 2.73. The van der Waals surface area contributed by atoms with Crippen LogP contribution in [0.15, 0.2) is 41.7 Å². The van der Waals surface area contributed by atoms with Crippen LogP contribution in [0.3, 0.4) is 0 Å². The van der Waals surface area contributed by atoms with Gasteiger partial charge in [-0.1, -0.05) is 11.8 Å². The lowest BCUT2D eigenvalue weighted by atomic mass is 10.1. The Morgan fingerprint density at radius 1 is 0.862 bits per heavy atom. The van der Waals surface area contributed by atoms with Gasteiger partial charge in [0.1, 0.15) is 11.5 Å². The number of carbonyl (C=O) groups excluding carboxylic acids is 1. The standard InChI is InChI=1S/C18H9F6N3OS/c19-9-3-1-8(2-4-9)10-5-6-25-18(26-10)29-7-11(28)27-17-15(23)13(21)12(20)14(22)16(17)24/h1-6H,7H2,(H,27,28). The summed E-state index contributed by atoms with van der Waals surface area (Å²) in [4.78, 5) is 20.0. The van der Waals surface area contributed by atoms with Gasteiger partial charge in [-0.3, -0.25) is 4.79 Å². The summed E-state index contributed by atoms with van der Waals surface area (Å²) in [6, 6.07) is 7.00. The molecule has 0 radical (unpaired) electrons. The number of hydrogen-bond acceptors (Lipinski definition) is 4. The van der Waals surface area contributed by atoms with Crippen LogP contribution in [-0.2, 0) is 4.79 Å². The van der Waals surface area contributed by atoms with E-state index in [1.54, 1.807) is 11.4 Å². The molecule has 150 valence electrons. The van der Waals surface area contributed by atoms with Crippen LogP contribution in [0.2, 0.25) is 0 Å². The van der Waals surface area contributed by atoms with Crippen molar-refractivity contribution in [3.05, 3.63) is 71.4 Å². The number of carbonyl (C=O) groups is 1. The van der Waals surface area contributed by atoms with Gasteiger partial charge in [0.15, 0.2) is 28.4 Å². The fourth-order valence-corrected chi connectivity index (χ4v) is 2.84. The highest BCUT2D eigenvalue weighted by Gasteiger charge is 2.26. The van der Waals surface area contributed by atoms with Gasteiger partial charge in [-0.15, -0.1) is 0 Å². The fraction of sp³-hybridized carbons (Fsp3) is 0.0556. The molecule has 0 aliphatic heterocycles. The third kappa shape index (κ3) is 4.50. The molecule has 1 N–H and O–H groups in total. The molecule has 1 aromatic heterocycles. The van der Waals surface area contributed by atoms with E-state index in [9.17, 15) is 31.1 Å². The Kier molecular flexibility index (Phi) is 6.06. The molecule has 4 nitrogen and oxygen atoms in total. The number of thioether (sulfide) groups is 1. The highest BCUT2D eigenvalue weighted by molar-refractivity contribution is 7.99. The highest BCUT2D eigenvalue weighted by atomic mass is 32.2. The predicted octanol–water partition coefficient (Wildman–Crippen LogP) is 4.71. The van der Waals surface area contributed by atoms with Crippen LogP contribution in [0, 0.1) is 34.9 Å². The van der Waals surface area contributed by atoms with Crippen LogP contribution in [0.1, 0.15) is 0 Å². The van der Waals surface area contributed by atoms with Crippen molar-refractivity contribution in [3.63, 3.8) is 0 Å². The number of aromatic nitrogens is 2. The Hall–Kier alpha value is -3.08. The molecule has 2 aromatic carbocycles. The molecule has 0 aliphatic carbocycles. The number of nitrogens with zero attached hydrogens (tertiary/aromatic N) is 2. The Morgan fingerprint density at radius 3 is 2.07 bits per heavy atom. The molecule has 1 amide bonds. The van der Waals surface area contributed by atoms with E-state index >= 15 is 0 Å². The molecule has 0 spiro atoms. The van der Waals surface area contributed by atoms with E-state index < -0.39 is 52.3 Å². The summed E-state index contributed by atoms with van der Waals surface area (Å²) >= 11 is 0.768. The lowest BCUT2D eigenvalue weighted by Crippen LogP contribution is -2.18. The summed E-state index contributed by atoms with van der Waals surface area (Å²) in [5.74, 6) is -12.9. The van der Waals surface area contributed by atoms with E-state index in [1.165, 1.54) is 30.5 Å². The molecule has 0 saturated heterocycles. The molecule has 0 aliphatic rings. The molecular weight excluding hydrogens is 420 g/mol. The first kappa shape index (κ1) is 20.6. The van der Waals surface area contributed by atoms with Gasteiger partial charge < -0.3 is 5.32 Å². The first-order valence-electron chi connectivity index (χ1n) is 7.81. The summed E-state index contributed by atoms with van der Waals surface area (Å²) in [5.41, 5.74) is -0.419. The van der Waals surface area contributed by atoms with Crippen LogP contribution in [0.25, 0.3) is 11.3 Å². The van der Waals surface area contributed by atoms with Gasteiger partial charge in [0.2, 0.25) is 11.7 Å². The maximum Gasteiger partial charge on any atom is 0.235 e. The number of halogens is 6. The quantitative estimate of drug-likeness (QED) is 0.210. The molecule has 0 unspecified atom stereocenters. The van der Waals surface area contributed by atoms with Gasteiger partial charge in [-0.2, -0.15) is 0 Å². The highest BCUT2D eigenvalue weighted by Crippen LogP contribution is 2.27. The number of benzene rings is 2.